The van der Waals surface area contributed by atoms with Crippen molar-refractivity contribution < 1.29 is 4.74 Å². The Labute approximate surface area is 134 Å². The largest absolute Gasteiger partial charge is 0.385 e. The number of piperidine rings is 1. The summed E-state index contributed by atoms with van der Waals surface area (Å²) in [5.74, 6) is 2.31. The lowest BCUT2D eigenvalue weighted by molar-refractivity contribution is 0.194. The molecule has 4 nitrogen and oxygen atoms in total. The van der Waals surface area contributed by atoms with Gasteiger partial charge in [0, 0.05) is 40.4 Å². The van der Waals surface area contributed by atoms with Gasteiger partial charge in [0.1, 0.15) is 0 Å². The predicted molar refractivity (Wildman–Crippen MR) is 92.4 cm³/mol. The first kappa shape index (κ1) is 16.8. The van der Waals surface area contributed by atoms with Crippen molar-refractivity contribution in [2.45, 2.75) is 25.7 Å². The van der Waals surface area contributed by atoms with Crippen LogP contribution in [0.2, 0.25) is 0 Å². The van der Waals surface area contributed by atoms with Gasteiger partial charge in [-0.1, -0.05) is 37.3 Å². The standard InChI is InChI=1S/C18H29N3O/c1-15-14-21(18(19-2)20-11-7-13-22-3)12-10-17(15)16-8-5-4-6-9-16/h4-6,8-9,15,17H,7,10-14H2,1-3H3,(H,19,20). The maximum absolute atomic E-state index is 5.09. The highest BCUT2D eigenvalue weighted by Crippen LogP contribution is 2.32. The third-order valence-electron chi connectivity index (χ3n) is 4.45. The molecule has 4 heteroatoms. The number of guanidine groups is 1. The lowest BCUT2D eigenvalue weighted by atomic mass is 9.82. The van der Waals surface area contributed by atoms with E-state index in [0.717, 1.165) is 38.6 Å². The number of nitrogens with one attached hydrogen (secondary N) is 1. The van der Waals surface area contributed by atoms with Crippen LogP contribution < -0.4 is 5.32 Å². The fourth-order valence-corrected chi connectivity index (χ4v) is 3.28. The lowest BCUT2D eigenvalue weighted by Gasteiger charge is -2.39. The van der Waals surface area contributed by atoms with Crippen molar-refractivity contribution in [3.05, 3.63) is 35.9 Å². The maximum Gasteiger partial charge on any atom is 0.193 e. The molecule has 0 radical (unpaired) electrons. The van der Waals surface area contributed by atoms with E-state index in [0.29, 0.717) is 11.8 Å². The molecule has 0 bridgehead atoms. The van der Waals surface area contributed by atoms with Gasteiger partial charge in [0.25, 0.3) is 0 Å². The van der Waals surface area contributed by atoms with Gasteiger partial charge in [-0.3, -0.25) is 4.99 Å². The van der Waals surface area contributed by atoms with E-state index >= 15 is 0 Å². The fourth-order valence-electron chi connectivity index (χ4n) is 3.28. The van der Waals surface area contributed by atoms with Crippen molar-refractivity contribution in [3.63, 3.8) is 0 Å². The van der Waals surface area contributed by atoms with Crippen molar-refractivity contribution in [3.8, 4) is 0 Å². The molecule has 2 unspecified atom stereocenters. The number of rotatable bonds is 5. The molecule has 1 aromatic rings. The van der Waals surface area contributed by atoms with E-state index in [4.69, 9.17) is 4.74 Å². The second-order valence-electron chi connectivity index (χ2n) is 6.05. The molecule has 0 aromatic heterocycles. The molecule has 0 aliphatic carbocycles. The molecule has 1 aliphatic rings. The first-order valence-electron chi connectivity index (χ1n) is 8.25. The molecule has 2 atom stereocenters. The minimum absolute atomic E-state index is 0.633. The Bertz CT molecular complexity index is 461. The summed E-state index contributed by atoms with van der Waals surface area (Å²) in [6.07, 6.45) is 2.19. The van der Waals surface area contributed by atoms with Crippen LogP contribution in [-0.2, 0) is 4.74 Å². The number of hydrogen-bond acceptors (Lipinski definition) is 2. The normalized spacial score (nSPS) is 22.7. The number of nitrogens with zero attached hydrogens (tertiary/aromatic N) is 2. The summed E-state index contributed by atoms with van der Waals surface area (Å²) in [4.78, 5) is 6.82. The van der Waals surface area contributed by atoms with Crippen molar-refractivity contribution in [1.82, 2.24) is 10.2 Å². The second kappa shape index (κ2) is 8.79. The van der Waals surface area contributed by atoms with E-state index in [-0.39, 0.29) is 0 Å². The first-order valence-corrected chi connectivity index (χ1v) is 8.25. The van der Waals surface area contributed by atoms with Crippen LogP contribution in [-0.4, -0.2) is 51.3 Å². The van der Waals surface area contributed by atoms with Crippen LogP contribution in [0.3, 0.4) is 0 Å². The highest BCUT2D eigenvalue weighted by molar-refractivity contribution is 5.80. The molecule has 0 saturated carbocycles. The summed E-state index contributed by atoms with van der Waals surface area (Å²) in [6.45, 7) is 6.17. The van der Waals surface area contributed by atoms with E-state index in [1.165, 1.54) is 12.0 Å². The Morgan fingerprint density at radius 2 is 2.14 bits per heavy atom. The van der Waals surface area contributed by atoms with Crippen molar-refractivity contribution in [1.29, 1.82) is 0 Å². The number of hydrogen-bond donors (Lipinski definition) is 1. The Morgan fingerprint density at radius 1 is 1.36 bits per heavy atom. The van der Waals surface area contributed by atoms with E-state index in [1.54, 1.807) is 7.11 Å². The minimum atomic E-state index is 0.633. The van der Waals surface area contributed by atoms with Crippen LogP contribution in [0.15, 0.2) is 35.3 Å². The average Bonchev–Trinajstić information content (AvgIpc) is 2.56. The van der Waals surface area contributed by atoms with Crippen LogP contribution >= 0.6 is 0 Å². The summed E-state index contributed by atoms with van der Waals surface area (Å²) in [6, 6.07) is 10.9. The van der Waals surface area contributed by atoms with Crippen LogP contribution in [0.5, 0.6) is 0 Å². The topological polar surface area (TPSA) is 36.9 Å². The zero-order valence-electron chi connectivity index (χ0n) is 14.1. The highest BCUT2D eigenvalue weighted by atomic mass is 16.5. The molecule has 1 N–H and O–H groups in total. The maximum atomic E-state index is 5.09. The molecule has 0 amide bonds. The van der Waals surface area contributed by atoms with Crippen molar-refractivity contribution >= 4 is 5.96 Å². The molecule has 122 valence electrons. The minimum Gasteiger partial charge on any atom is -0.385 e. The van der Waals surface area contributed by atoms with Gasteiger partial charge in [-0.05, 0) is 30.2 Å². The summed E-state index contributed by atoms with van der Waals surface area (Å²) in [5.41, 5.74) is 1.47. The first-order chi connectivity index (χ1) is 10.8. The molecule has 1 heterocycles. The van der Waals surface area contributed by atoms with E-state index in [1.807, 2.05) is 7.05 Å². The van der Waals surface area contributed by atoms with Gasteiger partial charge >= 0.3 is 0 Å². The van der Waals surface area contributed by atoms with E-state index in [9.17, 15) is 0 Å². The Hall–Kier alpha value is -1.55. The third-order valence-corrected chi connectivity index (χ3v) is 4.45. The number of aliphatic imine (C=N–C) groups is 1. The Morgan fingerprint density at radius 3 is 2.77 bits per heavy atom. The average molecular weight is 303 g/mol. The fraction of sp³-hybridized carbons (Fsp3) is 0.611. The lowest BCUT2D eigenvalue weighted by Crippen LogP contribution is -2.48. The number of likely N-dealkylation sites (tertiary alicyclic amines) is 1. The zero-order valence-corrected chi connectivity index (χ0v) is 14.1. The van der Waals surface area contributed by atoms with Gasteiger partial charge in [-0.15, -0.1) is 0 Å². The van der Waals surface area contributed by atoms with Gasteiger partial charge < -0.3 is 15.0 Å². The third kappa shape index (κ3) is 4.47. The Kier molecular flexibility index (Phi) is 6.72. The number of benzene rings is 1. The number of methoxy groups -OCH3 is 1. The molecule has 2 rings (SSSR count). The summed E-state index contributed by atoms with van der Waals surface area (Å²) >= 11 is 0. The van der Waals surface area contributed by atoms with Crippen LogP contribution in [0.4, 0.5) is 0 Å². The van der Waals surface area contributed by atoms with E-state index < -0.39 is 0 Å². The van der Waals surface area contributed by atoms with Crippen LogP contribution in [0.1, 0.15) is 31.2 Å². The molecule has 22 heavy (non-hydrogen) atoms. The zero-order chi connectivity index (χ0) is 15.8. The Balaban J connectivity index is 1.88. The quantitative estimate of drug-likeness (QED) is 0.516. The van der Waals surface area contributed by atoms with Gasteiger partial charge in [-0.2, -0.15) is 0 Å². The van der Waals surface area contributed by atoms with Gasteiger partial charge in [0.15, 0.2) is 5.96 Å². The van der Waals surface area contributed by atoms with Crippen LogP contribution in [0.25, 0.3) is 0 Å². The van der Waals surface area contributed by atoms with Gasteiger partial charge in [0.2, 0.25) is 0 Å². The van der Waals surface area contributed by atoms with Crippen molar-refractivity contribution in [2.24, 2.45) is 10.9 Å². The second-order valence-corrected chi connectivity index (χ2v) is 6.05. The molecule has 1 fully saturated rings. The van der Waals surface area contributed by atoms with Gasteiger partial charge in [-0.25, -0.2) is 0 Å². The molecule has 1 aliphatic heterocycles. The number of ether oxygens (including phenoxy) is 1. The molecule has 0 spiro atoms. The summed E-state index contributed by atoms with van der Waals surface area (Å²) in [5, 5.41) is 3.45. The van der Waals surface area contributed by atoms with E-state index in [2.05, 4.69) is 52.5 Å². The smallest absolute Gasteiger partial charge is 0.193 e. The summed E-state index contributed by atoms with van der Waals surface area (Å²) < 4.78 is 5.09. The van der Waals surface area contributed by atoms with Crippen LogP contribution in [0, 0.1) is 5.92 Å². The molecular weight excluding hydrogens is 274 g/mol. The molecular formula is C18H29N3O. The van der Waals surface area contributed by atoms with Gasteiger partial charge in [0.05, 0.1) is 0 Å². The van der Waals surface area contributed by atoms with Crippen molar-refractivity contribution in [2.75, 3.05) is 40.4 Å². The predicted octanol–water partition coefficient (Wildman–Crippen LogP) is 2.72. The molecule has 1 aromatic carbocycles. The monoisotopic (exact) mass is 303 g/mol. The SMILES string of the molecule is CN=C(NCCCOC)N1CCC(c2ccccc2)C(C)C1. The highest BCUT2D eigenvalue weighted by Gasteiger charge is 2.28. The summed E-state index contributed by atoms with van der Waals surface area (Å²) in [7, 11) is 3.61. The molecule has 1 saturated heterocycles.